The zero-order chi connectivity index (χ0) is 16.5. The zero-order valence-corrected chi connectivity index (χ0v) is 14.6. The molecule has 5 nitrogen and oxygen atoms in total. The third kappa shape index (κ3) is 4.78. The van der Waals surface area contributed by atoms with E-state index in [9.17, 15) is 0 Å². The van der Waals surface area contributed by atoms with Crippen LogP contribution in [0.2, 0.25) is 0 Å². The van der Waals surface area contributed by atoms with Crippen LogP contribution in [0, 0.1) is 0 Å². The molecule has 5 heteroatoms. The number of nitrogens with zero attached hydrogens (tertiary/aromatic N) is 1. The van der Waals surface area contributed by atoms with Gasteiger partial charge in [-0.25, -0.2) is 0 Å². The molecular formula is C17H29NO4. The van der Waals surface area contributed by atoms with Crippen LogP contribution in [0.15, 0.2) is 12.1 Å². The van der Waals surface area contributed by atoms with E-state index < -0.39 is 0 Å². The van der Waals surface area contributed by atoms with Crippen LogP contribution >= 0.6 is 0 Å². The van der Waals surface area contributed by atoms with E-state index in [1.807, 2.05) is 12.1 Å². The fraction of sp³-hybridized carbons (Fsp3) is 0.647. The Hall–Kier alpha value is -1.46. The van der Waals surface area contributed by atoms with Gasteiger partial charge in [0.15, 0.2) is 0 Å². The summed E-state index contributed by atoms with van der Waals surface area (Å²) in [5.74, 6) is 2.29. The Morgan fingerprint density at radius 2 is 1.59 bits per heavy atom. The van der Waals surface area contributed by atoms with E-state index in [4.69, 9.17) is 18.9 Å². The van der Waals surface area contributed by atoms with Crippen molar-refractivity contribution in [2.75, 3.05) is 41.6 Å². The summed E-state index contributed by atoms with van der Waals surface area (Å²) in [6.45, 7) is 6.72. The van der Waals surface area contributed by atoms with Gasteiger partial charge in [0.05, 0.1) is 33.5 Å². The smallest absolute Gasteiger partial charge is 0.130 e. The summed E-state index contributed by atoms with van der Waals surface area (Å²) in [5, 5.41) is 0. The Kier molecular flexibility index (Phi) is 8.06. The quantitative estimate of drug-likeness (QED) is 0.664. The maximum Gasteiger partial charge on any atom is 0.130 e. The van der Waals surface area contributed by atoms with Gasteiger partial charge in [-0.05, 0) is 13.3 Å². The van der Waals surface area contributed by atoms with Crippen LogP contribution in [0.3, 0.4) is 0 Å². The van der Waals surface area contributed by atoms with E-state index in [0.717, 1.165) is 42.3 Å². The molecule has 1 unspecified atom stereocenters. The highest BCUT2D eigenvalue weighted by molar-refractivity contribution is 5.50. The maximum atomic E-state index is 5.53. The second-order valence-corrected chi connectivity index (χ2v) is 5.23. The van der Waals surface area contributed by atoms with Crippen molar-refractivity contribution >= 4 is 0 Å². The molecule has 0 fully saturated rings. The lowest BCUT2D eigenvalue weighted by Gasteiger charge is -2.29. The number of benzene rings is 1. The molecule has 0 radical (unpaired) electrons. The Morgan fingerprint density at radius 3 is 2.00 bits per heavy atom. The van der Waals surface area contributed by atoms with Crippen LogP contribution < -0.4 is 14.2 Å². The van der Waals surface area contributed by atoms with Crippen LogP contribution in [0.5, 0.6) is 17.2 Å². The fourth-order valence-electron chi connectivity index (χ4n) is 2.36. The topological polar surface area (TPSA) is 40.2 Å². The van der Waals surface area contributed by atoms with Crippen molar-refractivity contribution in [2.45, 2.75) is 32.9 Å². The van der Waals surface area contributed by atoms with E-state index in [2.05, 4.69) is 18.7 Å². The average molecular weight is 311 g/mol. The van der Waals surface area contributed by atoms with Crippen molar-refractivity contribution in [3.8, 4) is 17.2 Å². The number of hydrogen-bond acceptors (Lipinski definition) is 5. The maximum absolute atomic E-state index is 5.53. The zero-order valence-electron chi connectivity index (χ0n) is 14.6. The van der Waals surface area contributed by atoms with Crippen molar-refractivity contribution in [1.82, 2.24) is 4.90 Å². The van der Waals surface area contributed by atoms with Gasteiger partial charge in [-0.3, -0.25) is 4.90 Å². The highest BCUT2D eigenvalue weighted by atomic mass is 16.5. The number of methoxy groups -OCH3 is 4. The SMILES string of the molecule is CCC(C)N(CCOC)Cc1c(OC)cc(OC)cc1OC. The van der Waals surface area contributed by atoms with Crippen molar-refractivity contribution in [2.24, 2.45) is 0 Å². The first-order valence-electron chi connectivity index (χ1n) is 7.63. The predicted octanol–water partition coefficient (Wildman–Crippen LogP) is 2.96. The van der Waals surface area contributed by atoms with Gasteiger partial charge in [-0.1, -0.05) is 6.92 Å². The molecule has 0 spiro atoms. The van der Waals surface area contributed by atoms with Crippen molar-refractivity contribution in [3.05, 3.63) is 17.7 Å². The molecule has 0 saturated heterocycles. The van der Waals surface area contributed by atoms with Crippen molar-refractivity contribution in [1.29, 1.82) is 0 Å². The minimum Gasteiger partial charge on any atom is -0.496 e. The Labute approximate surface area is 134 Å². The Morgan fingerprint density at radius 1 is 1.00 bits per heavy atom. The lowest BCUT2D eigenvalue weighted by molar-refractivity contribution is 0.116. The predicted molar refractivity (Wildman–Crippen MR) is 88.1 cm³/mol. The molecule has 1 aromatic rings. The molecule has 0 aromatic heterocycles. The van der Waals surface area contributed by atoms with Gasteiger partial charge >= 0.3 is 0 Å². The third-order valence-corrected chi connectivity index (χ3v) is 3.98. The molecular weight excluding hydrogens is 282 g/mol. The molecule has 0 aliphatic carbocycles. The van der Waals surface area contributed by atoms with Gasteiger partial charge < -0.3 is 18.9 Å². The van der Waals surface area contributed by atoms with Gasteiger partial charge in [0.2, 0.25) is 0 Å². The Balaban J connectivity index is 3.10. The summed E-state index contributed by atoms with van der Waals surface area (Å²) in [4.78, 5) is 2.37. The summed E-state index contributed by atoms with van der Waals surface area (Å²) in [6, 6.07) is 4.23. The van der Waals surface area contributed by atoms with Gasteiger partial charge in [-0.15, -0.1) is 0 Å². The van der Waals surface area contributed by atoms with E-state index in [1.165, 1.54) is 0 Å². The van der Waals surface area contributed by atoms with Crippen LogP contribution in [0.1, 0.15) is 25.8 Å². The number of ether oxygens (including phenoxy) is 4. The number of hydrogen-bond donors (Lipinski definition) is 0. The molecule has 126 valence electrons. The second-order valence-electron chi connectivity index (χ2n) is 5.23. The molecule has 0 saturated carbocycles. The molecule has 0 amide bonds. The summed E-state index contributed by atoms with van der Waals surface area (Å²) >= 11 is 0. The molecule has 0 heterocycles. The van der Waals surface area contributed by atoms with Gasteiger partial charge in [0.25, 0.3) is 0 Å². The molecule has 22 heavy (non-hydrogen) atoms. The normalized spacial score (nSPS) is 12.3. The lowest BCUT2D eigenvalue weighted by atomic mass is 10.1. The Bertz CT molecular complexity index is 425. The summed E-state index contributed by atoms with van der Waals surface area (Å²) < 4.78 is 21.6. The van der Waals surface area contributed by atoms with Crippen LogP contribution in [0.4, 0.5) is 0 Å². The molecule has 0 aliphatic heterocycles. The minimum absolute atomic E-state index is 0.451. The molecule has 0 aliphatic rings. The minimum atomic E-state index is 0.451. The molecule has 1 atom stereocenters. The third-order valence-electron chi connectivity index (χ3n) is 3.98. The highest BCUT2D eigenvalue weighted by Gasteiger charge is 2.19. The first-order chi connectivity index (χ1) is 10.6. The summed E-state index contributed by atoms with van der Waals surface area (Å²) in [5.41, 5.74) is 1.03. The van der Waals surface area contributed by atoms with Crippen LogP contribution in [0.25, 0.3) is 0 Å². The second kappa shape index (κ2) is 9.54. The summed E-state index contributed by atoms with van der Waals surface area (Å²) in [7, 11) is 6.70. The fourth-order valence-corrected chi connectivity index (χ4v) is 2.36. The van der Waals surface area contributed by atoms with E-state index >= 15 is 0 Å². The standard InChI is InChI=1S/C17H29NO4/c1-7-13(2)18(8-9-19-3)12-15-16(21-5)10-14(20-4)11-17(15)22-6/h10-11,13H,7-9,12H2,1-6H3. The van der Waals surface area contributed by atoms with E-state index in [-0.39, 0.29) is 0 Å². The molecule has 0 bridgehead atoms. The van der Waals surface area contributed by atoms with E-state index in [1.54, 1.807) is 28.4 Å². The molecule has 1 aromatic carbocycles. The lowest BCUT2D eigenvalue weighted by Crippen LogP contribution is -2.35. The molecule has 0 N–H and O–H groups in total. The summed E-state index contributed by atoms with van der Waals surface area (Å²) in [6.07, 6.45) is 1.07. The monoisotopic (exact) mass is 311 g/mol. The van der Waals surface area contributed by atoms with Crippen molar-refractivity contribution in [3.63, 3.8) is 0 Å². The van der Waals surface area contributed by atoms with Gasteiger partial charge in [-0.2, -0.15) is 0 Å². The van der Waals surface area contributed by atoms with Crippen LogP contribution in [-0.4, -0.2) is 52.5 Å². The first kappa shape index (κ1) is 18.6. The largest absolute Gasteiger partial charge is 0.496 e. The van der Waals surface area contributed by atoms with Crippen molar-refractivity contribution < 1.29 is 18.9 Å². The van der Waals surface area contributed by atoms with Gasteiger partial charge in [0, 0.05) is 38.4 Å². The van der Waals surface area contributed by atoms with Crippen LogP contribution in [-0.2, 0) is 11.3 Å². The highest BCUT2D eigenvalue weighted by Crippen LogP contribution is 2.35. The van der Waals surface area contributed by atoms with E-state index in [0.29, 0.717) is 12.6 Å². The van der Waals surface area contributed by atoms with Gasteiger partial charge in [0.1, 0.15) is 17.2 Å². The molecule has 1 rings (SSSR count). The number of rotatable bonds is 10. The average Bonchev–Trinajstić information content (AvgIpc) is 2.57. The first-order valence-corrected chi connectivity index (χ1v) is 7.63.